The van der Waals surface area contributed by atoms with Crippen LogP contribution in [-0.2, 0) is 10.0 Å². The number of carbonyl (C=O) groups excluding carboxylic acids is 1. The largest absolute Gasteiger partial charge is 0.351 e. The van der Waals surface area contributed by atoms with Crippen LogP contribution in [0.2, 0.25) is 0 Å². The Hall–Kier alpha value is -2.78. The van der Waals surface area contributed by atoms with Gasteiger partial charge in [-0.15, -0.1) is 0 Å². The van der Waals surface area contributed by atoms with Crippen LogP contribution in [-0.4, -0.2) is 32.3 Å². The van der Waals surface area contributed by atoms with Gasteiger partial charge in [0.15, 0.2) is 0 Å². The fourth-order valence-corrected chi connectivity index (χ4v) is 3.17. The van der Waals surface area contributed by atoms with Gasteiger partial charge in [0.2, 0.25) is 10.0 Å². The Morgan fingerprint density at radius 3 is 2.52 bits per heavy atom. The summed E-state index contributed by atoms with van der Waals surface area (Å²) in [6.07, 6.45) is 0. The van der Waals surface area contributed by atoms with Crippen LogP contribution in [0.15, 0.2) is 53.4 Å². The van der Waals surface area contributed by atoms with Gasteiger partial charge in [0.25, 0.3) is 11.6 Å². The minimum Gasteiger partial charge on any atom is -0.351 e. The fraction of sp³-hybridized carbons (Fsp3) is 0.188. The third kappa shape index (κ3) is 5.10. The Kier molecular flexibility index (Phi) is 5.84. The van der Waals surface area contributed by atoms with Gasteiger partial charge in [0.05, 0.1) is 9.82 Å². The van der Waals surface area contributed by atoms with E-state index in [2.05, 4.69) is 10.0 Å². The van der Waals surface area contributed by atoms with Crippen molar-refractivity contribution < 1.29 is 18.1 Å². The summed E-state index contributed by atoms with van der Waals surface area (Å²) in [6, 6.07) is 11.8. The van der Waals surface area contributed by atoms with E-state index in [0.717, 1.165) is 11.6 Å². The quantitative estimate of drug-likeness (QED) is 0.440. The van der Waals surface area contributed by atoms with Crippen LogP contribution in [0.5, 0.6) is 0 Å². The van der Waals surface area contributed by atoms with Gasteiger partial charge < -0.3 is 5.32 Å². The molecular weight excluding hydrogens is 346 g/mol. The first-order valence-electron chi connectivity index (χ1n) is 7.38. The Morgan fingerprint density at radius 2 is 1.84 bits per heavy atom. The summed E-state index contributed by atoms with van der Waals surface area (Å²) >= 11 is 0. The van der Waals surface area contributed by atoms with Crippen LogP contribution in [0, 0.1) is 17.0 Å². The lowest BCUT2D eigenvalue weighted by atomic mass is 10.1. The first-order valence-corrected chi connectivity index (χ1v) is 8.87. The summed E-state index contributed by atoms with van der Waals surface area (Å²) in [4.78, 5) is 21.8. The van der Waals surface area contributed by atoms with Gasteiger partial charge in [-0.2, -0.15) is 0 Å². The minimum atomic E-state index is -3.89. The van der Waals surface area contributed by atoms with E-state index in [1.807, 2.05) is 13.0 Å². The molecule has 0 radical (unpaired) electrons. The molecule has 9 heteroatoms. The maximum atomic E-state index is 12.1. The van der Waals surface area contributed by atoms with Gasteiger partial charge >= 0.3 is 0 Å². The molecule has 2 rings (SSSR count). The highest BCUT2D eigenvalue weighted by molar-refractivity contribution is 7.89. The lowest BCUT2D eigenvalue weighted by molar-refractivity contribution is -0.385. The van der Waals surface area contributed by atoms with Crippen molar-refractivity contribution in [2.24, 2.45) is 0 Å². The van der Waals surface area contributed by atoms with Crippen LogP contribution in [0.25, 0.3) is 0 Å². The first-order chi connectivity index (χ1) is 11.8. The van der Waals surface area contributed by atoms with Crippen LogP contribution in [0.3, 0.4) is 0 Å². The van der Waals surface area contributed by atoms with Crippen molar-refractivity contribution in [1.82, 2.24) is 10.0 Å². The summed E-state index contributed by atoms with van der Waals surface area (Å²) < 4.78 is 26.5. The van der Waals surface area contributed by atoms with Crippen molar-refractivity contribution >= 4 is 21.6 Å². The summed E-state index contributed by atoms with van der Waals surface area (Å²) in [5.74, 6) is -0.307. The number of nitro benzene ring substituents is 1. The second-order valence-corrected chi connectivity index (χ2v) is 7.04. The number of benzene rings is 2. The average molecular weight is 363 g/mol. The van der Waals surface area contributed by atoms with E-state index in [1.165, 1.54) is 18.2 Å². The van der Waals surface area contributed by atoms with Crippen molar-refractivity contribution in [3.63, 3.8) is 0 Å². The molecule has 0 saturated carbocycles. The molecule has 1 amide bonds. The summed E-state index contributed by atoms with van der Waals surface area (Å²) in [7, 11) is -3.89. The third-order valence-electron chi connectivity index (χ3n) is 3.32. The SMILES string of the molecule is Cc1cccc(C(=O)NCCNS(=O)(=O)c2cccc([N+](=O)[O-])c2)c1. The molecule has 2 aromatic carbocycles. The van der Waals surface area contributed by atoms with E-state index in [4.69, 9.17) is 0 Å². The second-order valence-electron chi connectivity index (χ2n) is 5.28. The van der Waals surface area contributed by atoms with Crippen LogP contribution in [0.4, 0.5) is 5.69 Å². The van der Waals surface area contributed by atoms with Crippen molar-refractivity contribution in [3.05, 3.63) is 69.8 Å². The molecule has 0 aliphatic rings. The first kappa shape index (κ1) is 18.6. The number of hydrogen-bond donors (Lipinski definition) is 2. The molecule has 132 valence electrons. The van der Waals surface area contributed by atoms with Crippen LogP contribution in [0.1, 0.15) is 15.9 Å². The topological polar surface area (TPSA) is 118 Å². The molecule has 25 heavy (non-hydrogen) atoms. The zero-order valence-corrected chi connectivity index (χ0v) is 14.2. The van der Waals surface area contributed by atoms with Crippen LogP contribution >= 0.6 is 0 Å². The standard InChI is InChI=1S/C16H17N3O5S/c1-12-4-2-5-13(10-12)16(20)17-8-9-18-25(23,24)15-7-3-6-14(11-15)19(21)22/h2-7,10-11,18H,8-9H2,1H3,(H,17,20). The molecule has 0 fully saturated rings. The van der Waals surface area contributed by atoms with Crippen molar-refractivity contribution in [3.8, 4) is 0 Å². The van der Waals surface area contributed by atoms with Gasteiger partial charge in [-0.3, -0.25) is 14.9 Å². The number of nitrogens with zero attached hydrogens (tertiary/aromatic N) is 1. The molecule has 0 atom stereocenters. The Labute approximate surface area is 145 Å². The number of nitro groups is 1. The van der Waals surface area contributed by atoms with Gasteiger partial charge in [0, 0.05) is 30.8 Å². The zero-order chi connectivity index (χ0) is 18.4. The van der Waals surface area contributed by atoms with Gasteiger partial charge in [-0.05, 0) is 25.1 Å². The Balaban J connectivity index is 1.91. The van der Waals surface area contributed by atoms with Gasteiger partial charge in [-0.25, -0.2) is 13.1 Å². The molecule has 0 aliphatic carbocycles. The number of amides is 1. The van der Waals surface area contributed by atoms with E-state index in [1.54, 1.807) is 18.2 Å². The fourth-order valence-electron chi connectivity index (χ4n) is 2.10. The van der Waals surface area contributed by atoms with Crippen molar-refractivity contribution in [1.29, 1.82) is 0 Å². The third-order valence-corrected chi connectivity index (χ3v) is 4.78. The molecule has 2 N–H and O–H groups in total. The number of sulfonamides is 1. The van der Waals surface area contributed by atoms with E-state index >= 15 is 0 Å². The molecule has 0 spiro atoms. The van der Waals surface area contributed by atoms with Crippen molar-refractivity contribution in [2.75, 3.05) is 13.1 Å². The Bertz CT molecular complexity index is 896. The smallest absolute Gasteiger partial charge is 0.270 e. The molecule has 0 saturated heterocycles. The lowest BCUT2D eigenvalue weighted by Crippen LogP contribution is -2.34. The van der Waals surface area contributed by atoms with E-state index in [0.29, 0.717) is 5.56 Å². The van der Waals surface area contributed by atoms with Crippen molar-refractivity contribution in [2.45, 2.75) is 11.8 Å². The number of rotatable bonds is 7. The lowest BCUT2D eigenvalue weighted by Gasteiger charge is -2.08. The number of aryl methyl sites for hydroxylation is 1. The van der Waals surface area contributed by atoms with Gasteiger partial charge in [-0.1, -0.05) is 23.8 Å². The number of carbonyl (C=O) groups is 1. The van der Waals surface area contributed by atoms with E-state index in [-0.39, 0.29) is 29.6 Å². The predicted octanol–water partition coefficient (Wildman–Crippen LogP) is 1.61. The molecule has 2 aromatic rings. The summed E-state index contributed by atoms with van der Waals surface area (Å²) in [6.45, 7) is 1.91. The van der Waals surface area contributed by atoms with E-state index in [9.17, 15) is 23.3 Å². The molecule has 0 aliphatic heterocycles. The molecule has 8 nitrogen and oxygen atoms in total. The maximum absolute atomic E-state index is 12.1. The highest BCUT2D eigenvalue weighted by Crippen LogP contribution is 2.16. The van der Waals surface area contributed by atoms with Crippen LogP contribution < -0.4 is 10.0 Å². The Morgan fingerprint density at radius 1 is 1.12 bits per heavy atom. The molecular formula is C16H17N3O5S. The number of non-ortho nitro benzene ring substituents is 1. The highest BCUT2D eigenvalue weighted by atomic mass is 32.2. The predicted molar refractivity (Wildman–Crippen MR) is 91.8 cm³/mol. The molecule has 0 heterocycles. The molecule has 0 bridgehead atoms. The number of nitrogens with one attached hydrogen (secondary N) is 2. The second kappa shape index (κ2) is 7.86. The summed E-state index contributed by atoms with van der Waals surface area (Å²) in [5.41, 5.74) is 1.12. The molecule has 0 aromatic heterocycles. The minimum absolute atomic E-state index is 0.0391. The monoisotopic (exact) mass is 363 g/mol. The highest BCUT2D eigenvalue weighted by Gasteiger charge is 2.17. The number of hydrogen-bond acceptors (Lipinski definition) is 5. The van der Waals surface area contributed by atoms with E-state index < -0.39 is 14.9 Å². The summed E-state index contributed by atoms with van der Waals surface area (Å²) in [5, 5.41) is 13.3. The van der Waals surface area contributed by atoms with Gasteiger partial charge in [0.1, 0.15) is 0 Å². The maximum Gasteiger partial charge on any atom is 0.270 e. The normalized spacial score (nSPS) is 11.1. The average Bonchev–Trinajstić information content (AvgIpc) is 2.58. The zero-order valence-electron chi connectivity index (χ0n) is 13.4. The molecule has 0 unspecified atom stereocenters.